The highest BCUT2D eigenvalue weighted by Crippen LogP contribution is 2.30. The van der Waals surface area contributed by atoms with Gasteiger partial charge >= 0.3 is 0 Å². The molecule has 2 heterocycles. The van der Waals surface area contributed by atoms with Crippen molar-refractivity contribution in [1.82, 2.24) is 4.90 Å². The molecule has 1 fully saturated rings. The zero-order valence-corrected chi connectivity index (χ0v) is 16.1. The van der Waals surface area contributed by atoms with Crippen molar-refractivity contribution in [2.24, 2.45) is 0 Å². The fourth-order valence-electron chi connectivity index (χ4n) is 2.78. The van der Waals surface area contributed by atoms with Crippen molar-refractivity contribution >= 4 is 40.6 Å². The number of carbonyl (C=O) groups is 1. The van der Waals surface area contributed by atoms with Crippen LogP contribution in [0, 0.1) is 5.21 Å². The number of pyridine rings is 1. The number of anilines is 2. The van der Waals surface area contributed by atoms with Gasteiger partial charge in [0.15, 0.2) is 6.20 Å². The number of rotatable bonds is 5. The van der Waals surface area contributed by atoms with Crippen molar-refractivity contribution in [3.05, 3.63) is 52.8 Å². The van der Waals surface area contributed by atoms with Crippen LogP contribution in [-0.2, 0) is 4.79 Å². The number of hydrogen-bond donors (Lipinski definition) is 1. The van der Waals surface area contributed by atoms with E-state index in [1.165, 1.54) is 18.0 Å². The summed E-state index contributed by atoms with van der Waals surface area (Å²) in [5.74, 6) is -0.0162. The van der Waals surface area contributed by atoms with Gasteiger partial charge in [-0.1, -0.05) is 11.6 Å². The van der Waals surface area contributed by atoms with E-state index < -0.39 is 0 Å². The molecule has 0 spiro atoms. The van der Waals surface area contributed by atoms with E-state index in [0.29, 0.717) is 15.7 Å². The Labute approximate surface area is 162 Å². The van der Waals surface area contributed by atoms with E-state index in [1.54, 1.807) is 24.3 Å². The number of halogens is 1. The van der Waals surface area contributed by atoms with Crippen molar-refractivity contribution < 1.29 is 9.52 Å². The molecule has 6 nitrogen and oxygen atoms in total. The molecule has 3 rings (SSSR count). The van der Waals surface area contributed by atoms with Gasteiger partial charge in [-0.3, -0.25) is 4.79 Å². The molecule has 1 amide bonds. The van der Waals surface area contributed by atoms with Gasteiger partial charge in [0.1, 0.15) is 0 Å². The number of hydrogen-bond acceptors (Lipinski definition) is 5. The summed E-state index contributed by atoms with van der Waals surface area (Å²) >= 11 is 7.33. The normalized spacial score (nSPS) is 15.1. The molecule has 0 unspecified atom stereocenters. The number of piperazine rings is 1. The predicted octanol–water partition coefficient (Wildman–Crippen LogP) is 2.46. The van der Waals surface area contributed by atoms with E-state index in [4.69, 9.17) is 11.6 Å². The topological polar surface area (TPSA) is 62.5 Å². The summed E-state index contributed by atoms with van der Waals surface area (Å²) < 4.78 is 0.757. The molecular formula is C18H21ClN4O2S. The third-order valence-corrected chi connectivity index (χ3v) is 5.47. The van der Waals surface area contributed by atoms with E-state index in [2.05, 4.69) is 22.2 Å². The second-order valence-corrected chi connectivity index (χ2v) is 7.59. The summed E-state index contributed by atoms with van der Waals surface area (Å²) in [6.07, 6.45) is 1.42. The molecule has 0 saturated carbocycles. The number of aromatic nitrogens is 1. The van der Waals surface area contributed by atoms with Crippen molar-refractivity contribution in [1.29, 1.82) is 0 Å². The minimum Gasteiger partial charge on any atom is -0.618 e. The number of nitrogens with one attached hydrogen (secondary N) is 1. The summed E-state index contributed by atoms with van der Waals surface area (Å²) in [5, 5.41) is 15.7. The molecule has 1 aliphatic rings. The quantitative estimate of drug-likeness (QED) is 0.481. The first-order valence-electron chi connectivity index (χ1n) is 8.37. The Morgan fingerprint density at radius 3 is 2.77 bits per heavy atom. The van der Waals surface area contributed by atoms with Crippen LogP contribution in [0.1, 0.15) is 0 Å². The van der Waals surface area contributed by atoms with Crippen molar-refractivity contribution in [3.63, 3.8) is 0 Å². The maximum atomic E-state index is 12.4. The number of likely N-dealkylation sites (N-methyl/N-ethyl adjacent to an activating group) is 1. The molecular weight excluding hydrogens is 372 g/mol. The van der Waals surface area contributed by atoms with E-state index in [0.717, 1.165) is 36.6 Å². The van der Waals surface area contributed by atoms with Gasteiger partial charge in [0.05, 0.1) is 17.1 Å². The fraction of sp³-hybridized carbons (Fsp3) is 0.333. The van der Waals surface area contributed by atoms with Crippen LogP contribution in [0.3, 0.4) is 0 Å². The first-order chi connectivity index (χ1) is 12.5. The molecule has 26 heavy (non-hydrogen) atoms. The van der Waals surface area contributed by atoms with Crippen LogP contribution in [0.25, 0.3) is 0 Å². The minimum absolute atomic E-state index is 0.154. The zero-order chi connectivity index (χ0) is 18.5. The Hall–Kier alpha value is -1.96. The molecule has 8 heteroatoms. The van der Waals surface area contributed by atoms with Gasteiger partial charge in [-0.05, 0) is 43.1 Å². The number of thioether (sulfide) groups is 1. The summed E-state index contributed by atoms with van der Waals surface area (Å²) in [6.45, 7) is 3.75. The highest BCUT2D eigenvalue weighted by molar-refractivity contribution is 7.99. The van der Waals surface area contributed by atoms with Crippen LogP contribution >= 0.6 is 23.4 Å². The number of nitrogens with zero attached hydrogens (tertiary/aromatic N) is 3. The first-order valence-corrected chi connectivity index (χ1v) is 9.73. The Morgan fingerprint density at radius 2 is 2.04 bits per heavy atom. The summed E-state index contributed by atoms with van der Waals surface area (Å²) in [5.41, 5.74) is 1.68. The van der Waals surface area contributed by atoms with Crippen LogP contribution < -0.4 is 14.9 Å². The SMILES string of the molecule is CN1CCN(c2ccc(Cl)cc2NC(=O)CSc2cccc[n+]2[O-])CC1. The second-order valence-electron chi connectivity index (χ2n) is 6.15. The lowest BCUT2D eigenvalue weighted by atomic mass is 10.2. The van der Waals surface area contributed by atoms with Gasteiger partial charge < -0.3 is 20.3 Å². The maximum Gasteiger partial charge on any atom is 0.251 e. The van der Waals surface area contributed by atoms with Crippen LogP contribution in [0.4, 0.5) is 11.4 Å². The van der Waals surface area contributed by atoms with Gasteiger partial charge in [0.25, 0.3) is 5.03 Å². The third-order valence-electron chi connectivity index (χ3n) is 4.22. The summed E-state index contributed by atoms with van der Waals surface area (Å²) in [4.78, 5) is 16.9. The second kappa shape index (κ2) is 8.62. The van der Waals surface area contributed by atoms with E-state index in [1.807, 2.05) is 12.1 Å². The number of carbonyl (C=O) groups excluding carboxylic acids is 1. The van der Waals surface area contributed by atoms with Crippen LogP contribution in [0.15, 0.2) is 47.6 Å². The molecule has 0 atom stereocenters. The van der Waals surface area contributed by atoms with Gasteiger partial charge in [0.2, 0.25) is 5.91 Å². The molecule has 1 aromatic carbocycles. The lowest BCUT2D eigenvalue weighted by Crippen LogP contribution is -2.44. The van der Waals surface area contributed by atoms with Gasteiger partial charge in [-0.15, -0.1) is 0 Å². The van der Waals surface area contributed by atoms with Crippen LogP contribution in [-0.4, -0.2) is 49.8 Å². The van der Waals surface area contributed by atoms with Crippen molar-refractivity contribution in [3.8, 4) is 0 Å². The third kappa shape index (κ3) is 4.81. The Bertz CT molecular complexity index is 782. The fourth-order valence-corrected chi connectivity index (χ4v) is 3.67. The lowest BCUT2D eigenvalue weighted by molar-refractivity contribution is -0.645. The average molecular weight is 393 g/mol. The van der Waals surface area contributed by atoms with Crippen LogP contribution in [0.5, 0.6) is 0 Å². The maximum absolute atomic E-state index is 12.4. The smallest absolute Gasteiger partial charge is 0.251 e. The molecule has 1 aromatic heterocycles. The first kappa shape index (κ1) is 18.8. The Balaban J connectivity index is 1.67. The lowest BCUT2D eigenvalue weighted by Gasteiger charge is -2.35. The van der Waals surface area contributed by atoms with E-state index in [9.17, 15) is 10.0 Å². The number of benzene rings is 1. The van der Waals surface area contributed by atoms with Gasteiger partial charge in [0, 0.05) is 43.3 Å². The molecule has 0 radical (unpaired) electrons. The molecule has 2 aromatic rings. The predicted molar refractivity (Wildman–Crippen MR) is 106 cm³/mol. The standard InChI is InChI=1S/C18H21ClN4O2S/c1-21-8-10-22(11-9-21)16-6-5-14(19)12-15(16)20-17(24)13-26-18-4-2-3-7-23(18)25/h2-7,12H,8-11,13H2,1H3,(H,20,24). The molecule has 1 aliphatic heterocycles. The Kier molecular flexibility index (Phi) is 6.24. The summed E-state index contributed by atoms with van der Waals surface area (Å²) in [7, 11) is 2.10. The van der Waals surface area contributed by atoms with Crippen molar-refractivity contribution in [2.75, 3.05) is 49.2 Å². The molecule has 1 saturated heterocycles. The molecule has 138 valence electrons. The van der Waals surface area contributed by atoms with Crippen LogP contribution in [0.2, 0.25) is 5.02 Å². The monoisotopic (exact) mass is 392 g/mol. The van der Waals surface area contributed by atoms with E-state index >= 15 is 0 Å². The van der Waals surface area contributed by atoms with Gasteiger partial charge in [-0.2, -0.15) is 4.73 Å². The Morgan fingerprint density at radius 1 is 1.27 bits per heavy atom. The molecule has 0 bridgehead atoms. The highest BCUT2D eigenvalue weighted by atomic mass is 35.5. The van der Waals surface area contributed by atoms with Gasteiger partial charge in [-0.25, -0.2) is 0 Å². The van der Waals surface area contributed by atoms with Crippen molar-refractivity contribution in [2.45, 2.75) is 5.03 Å². The summed E-state index contributed by atoms with van der Waals surface area (Å²) in [6, 6.07) is 10.7. The highest BCUT2D eigenvalue weighted by Gasteiger charge is 2.19. The number of amides is 1. The largest absolute Gasteiger partial charge is 0.618 e. The average Bonchev–Trinajstić information content (AvgIpc) is 2.62. The zero-order valence-electron chi connectivity index (χ0n) is 14.5. The minimum atomic E-state index is -0.170. The molecule has 1 N–H and O–H groups in total. The molecule has 0 aliphatic carbocycles. The van der Waals surface area contributed by atoms with E-state index in [-0.39, 0.29) is 11.7 Å².